The molecule has 1 aliphatic carbocycles. The SMILES string of the molecule is Nc1ncnc2c1ncn2[C@@H]1O[C@H](COSOOO)[C@@H](O)[C@H]1O.OOOSOC[C@H]1O[C@@H](n2cnc3c(NC4CCCC4)ncnc32)[C@H](O)[C@@H]1O. The first-order valence-corrected chi connectivity index (χ1v) is 16.6. The van der Waals surface area contributed by atoms with Crippen molar-refractivity contribution in [1.29, 1.82) is 0 Å². The van der Waals surface area contributed by atoms with Crippen molar-refractivity contribution in [2.45, 2.75) is 80.8 Å². The van der Waals surface area contributed by atoms with E-state index >= 15 is 0 Å². The minimum absolute atomic E-state index is 0.112. The maximum atomic E-state index is 10.4. The van der Waals surface area contributed by atoms with E-state index in [4.69, 9.17) is 34.1 Å². The van der Waals surface area contributed by atoms with Crippen LogP contribution in [0.2, 0.25) is 0 Å². The lowest BCUT2D eigenvalue weighted by molar-refractivity contribution is -0.434. The predicted molar refractivity (Wildman–Crippen MR) is 169 cm³/mol. The van der Waals surface area contributed by atoms with E-state index in [0.29, 0.717) is 58.8 Å². The van der Waals surface area contributed by atoms with Gasteiger partial charge in [0.15, 0.2) is 65.5 Å². The fourth-order valence-corrected chi connectivity index (χ4v) is 6.42. The van der Waals surface area contributed by atoms with E-state index in [-0.39, 0.29) is 19.0 Å². The molecule has 2 saturated heterocycles. The summed E-state index contributed by atoms with van der Waals surface area (Å²) in [5.41, 5.74) is 7.49. The molecule has 24 nitrogen and oxygen atoms in total. The quantitative estimate of drug-likeness (QED) is 0.0358. The number of imidazole rings is 2. The maximum Gasteiger partial charge on any atom is 0.197 e. The molecular formula is C25H34N10O14S2. The van der Waals surface area contributed by atoms with Crippen LogP contribution in [0.5, 0.6) is 0 Å². The molecule has 9 N–H and O–H groups in total. The molecule has 6 heterocycles. The van der Waals surface area contributed by atoms with E-state index in [9.17, 15) is 20.4 Å². The number of nitrogens with zero attached hydrogens (tertiary/aromatic N) is 8. The maximum absolute atomic E-state index is 10.4. The van der Waals surface area contributed by atoms with E-state index in [1.807, 2.05) is 0 Å². The number of fused-ring (bicyclic) bond motifs is 2. The van der Waals surface area contributed by atoms with Crippen molar-refractivity contribution in [2.75, 3.05) is 24.3 Å². The second-order valence-corrected chi connectivity index (χ2v) is 12.4. The van der Waals surface area contributed by atoms with Crippen molar-refractivity contribution in [3.8, 4) is 0 Å². The minimum Gasteiger partial charge on any atom is -0.387 e. The molecule has 280 valence electrons. The molecule has 51 heavy (non-hydrogen) atoms. The fraction of sp³-hybridized carbons (Fsp3) is 0.600. The molecule has 7 rings (SSSR count). The summed E-state index contributed by atoms with van der Waals surface area (Å²) < 4.78 is 32.3. The summed E-state index contributed by atoms with van der Waals surface area (Å²) in [6.07, 6.45) is 1.77. The first-order valence-electron chi connectivity index (χ1n) is 15.2. The summed E-state index contributed by atoms with van der Waals surface area (Å²) in [5, 5.41) is 67.0. The molecule has 4 aromatic heterocycles. The van der Waals surface area contributed by atoms with Crippen LogP contribution in [0.15, 0.2) is 25.3 Å². The van der Waals surface area contributed by atoms with Crippen LogP contribution in [0.1, 0.15) is 38.1 Å². The number of nitrogens with two attached hydrogens (primary N) is 1. The summed E-state index contributed by atoms with van der Waals surface area (Å²) in [6.45, 7) is -0.245. The largest absolute Gasteiger partial charge is 0.387 e. The number of rotatable bonds is 14. The highest BCUT2D eigenvalue weighted by atomic mass is 32.2. The third-order valence-electron chi connectivity index (χ3n) is 8.34. The summed E-state index contributed by atoms with van der Waals surface area (Å²) in [6, 6.07) is 0.363. The van der Waals surface area contributed by atoms with Crippen LogP contribution < -0.4 is 11.1 Å². The van der Waals surface area contributed by atoms with Gasteiger partial charge in [-0.1, -0.05) is 22.9 Å². The minimum atomic E-state index is -1.24. The van der Waals surface area contributed by atoms with E-state index in [2.05, 4.69) is 54.0 Å². The summed E-state index contributed by atoms with van der Waals surface area (Å²) in [7, 11) is 0. The van der Waals surface area contributed by atoms with Gasteiger partial charge in [-0.15, -0.1) is 8.67 Å². The van der Waals surface area contributed by atoms with Crippen LogP contribution in [-0.2, 0) is 36.6 Å². The third kappa shape index (κ3) is 8.41. The number of aromatic nitrogens is 8. The van der Waals surface area contributed by atoms with Crippen LogP contribution >= 0.6 is 24.6 Å². The Labute approximate surface area is 295 Å². The summed E-state index contributed by atoms with van der Waals surface area (Å²) >= 11 is 0.714. The van der Waals surface area contributed by atoms with E-state index in [1.54, 1.807) is 4.57 Å². The number of hydrogen-bond donors (Lipinski definition) is 8. The highest BCUT2D eigenvalue weighted by Gasteiger charge is 2.45. The Balaban J connectivity index is 0.000000179. The van der Waals surface area contributed by atoms with Gasteiger partial charge in [-0.25, -0.2) is 40.4 Å². The van der Waals surface area contributed by atoms with Crippen molar-refractivity contribution in [3.05, 3.63) is 25.3 Å². The molecule has 0 unspecified atom stereocenters. The lowest BCUT2D eigenvalue weighted by Crippen LogP contribution is -2.33. The van der Waals surface area contributed by atoms with Gasteiger partial charge in [0.1, 0.15) is 54.8 Å². The Kier molecular flexibility index (Phi) is 13.0. The number of aliphatic hydroxyl groups is 4. The highest BCUT2D eigenvalue weighted by Crippen LogP contribution is 2.34. The molecule has 3 aliphatic rings. The Morgan fingerprint density at radius 2 is 1.24 bits per heavy atom. The Morgan fingerprint density at radius 3 is 1.78 bits per heavy atom. The highest BCUT2D eigenvalue weighted by molar-refractivity contribution is 7.89. The zero-order valence-electron chi connectivity index (χ0n) is 26.2. The van der Waals surface area contributed by atoms with Crippen molar-refractivity contribution >= 4 is 58.6 Å². The molecule has 0 amide bonds. The Bertz CT molecular complexity index is 1700. The second-order valence-electron chi connectivity index (χ2n) is 11.3. The molecule has 4 aromatic rings. The number of nitrogens with one attached hydrogen (secondary N) is 1. The monoisotopic (exact) mass is 762 g/mol. The Hall–Kier alpha value is -3.16. The molecule has 2 aliphatic heterocycles. The third-order valence-corrected chi connectivity index (χ3v) is 9.04. The summed E-state index contributed by atoms with van der Waals surface area (Å²) in [4.78, 5) is 24.9. The van der Waals surface area contributed by atoms with Gasteiger partial charge in [0.2, 0.25) is 0 Å². The topological polar surface area (TPSA) is 320 Å². The smallest absolute Gasteiger partial charge is 0.197 e. The lowest BCUT2D eigenvalue weighted by atomic mass is 10.1. The predicted octanol–water partition coefficient (Wildman–Crippen LogP) is -0.170. The number of aliphatic hydroxyl groups excluding tert-OH is 4. The molecule has 26 heteroatoms. The molecule has 1 saturated carbocycles. The lowest BCUT2D eigenvalue weighted by Gasteiger charge is -2.17. The average Bonchev–Trinajstić information content (AvgIpc) is 3.98. The van der Waals surface area contributed by atoms with Gasteiger partial charge >= 0.3 is 0 Å². The molecule has 0 aromatic carbocycles. The van der Waals surface area contributed by atoms with Crippen molar-refractivity contribution in [1.82, 2.24) is 39.0 Å². The molecule has 8 atom stereocenters. The first kappa shape index (κ1) is 37.6. The van der Waals surface area contributed by atoms with E-state index in [0.717, 1.165) is 12.8 Å². The van der Waals surface area contributed by atoms with Gasteiger partial charge in [-0.05, 0) is 12.8 Å². The standard InChI is InChI=1S/C15H21N5O7S.C10H13N5O7S/c21-11-9(5-24-28-27-26-23)25-15(12(11)22)20-7-18-10-13(16-6-17-14(10)20)19-8-3-1-2-4-8;11-8-5-9(13-2-12-8)15(3-14-5)10-7(17)6(16)4(20-10)1-19-23-22-21-18/h6-9,11-12,15,21-23H,1-5H2,(H,16,17,19);2-4,6-7,10,16-18H,1H2,(H2,11,12,13)/t9-,11-,12-,15-;4-,6-,7-,10-/m11/s1. The van der Waals surface area contributed by atoms with Gasteiger partial charge < -0.3 is 41.0 Å². The molecule has 3 fully saturated rings. The average molecular weight is 763 g/mol. The van der Waals surface area contributed by atoms with E-state index < -0.39 is 49.1 Å². The summed E-state index contributed by atoms with van der Waals surface area (Å²) in [5.74, 6) is 0.834. The number of anilines is 2. The second kappa shape index (κ2) is 17.6. The molecular weight excluding hydrogens is 728 g/mol. The first-order chi connectivity index (χ1) is 24.8. The number of ether oxygens (including phenoxy) is 2. The van der Waals surface area contributed by atoms with Crippen LogP contribution in [0.3, 0.4) is 0 Å². The van der Waals surface area contributed by atoms with Crippen LogP contribution in [0.4, 0.5) is 11.6 Å². The van der Waals surface area contributed by atoms with Gasteiger partial charge in [0.25, 0.3) is 0 Å². The number of hydrogen-bond acceptors (Lipinski definition) is 24. The van der Waals surface area contributed by atoms with Gasteiger partial charge in [0.05, 0.1) is 25.9 Å². The van der Waals surface area contributed by atoms with Crippen molar-refractivity contribution in [2.24, 2.45) is 0 Å². The molecule has 0 radical (unpaired) electrons. The normalized spacial score (nSPS) is 28.1. The van der Waals surface area contributed by atoms with Crippen LogP contribution in [0, 0.1) is 0 Å². The van der Waals surface area contributed by atoms with Crippen LogP contribution in [-0.4, -0.2) is 126 Å². The zero-order valence-corrected chi connectivity index (χ0v) is 27.8. The van der Waals surface area contributed by atoms with Gasteiger partial charge in [-0.2, -0.15) is 0 Å². The van der Waals surface area contributed by atoms with E-state index in [1.165, 1.54) is 42.7 Å². The molecule has 0 bridgehead atoms. The van der Waals surface area contributed by atoms with Crippen LogP contribution in [0.25, 0.3) is 22.3 Å². The van der Waals surface area contributed by atoms with Gasteiger partial charge in [0, 0.05) is 6.04 Å². The van der Waals surface area contributed by atoms with Crippen molar-refractivity contribution < 1.29 is 67.5 Å². The molecule has 0 spiro atoms. The fourth-order valence-electron chi connectivity index (χ4n) is 5.91. The van der Waals surface area contributed by atoms with Crippen molar-refractivity contribution in [3.63, 3.8) is 0 Å². The Morgan fingerprint density at radius 1 is 0.725 bits per heavy atom. The zero-order chi connectivity index (χ0) is 35.9. The number of nitrogen functional groups attached to an aromatic ring is 1. The van der Waals surface area contributed by atoms with Gasteiger partial charge in [-0.3, -0.25) is 17.5 Å².